The van der Waals surface area contributed by atoms with Gasteiger partial charge in [-0.25, -0.2) is 4.79 Å². The third kappa shape index (κ3) is 4.61. The Balaban J connectivity index is 1.59. The van der Waals surface area contributed by atoms with E-state index in [0.29, 0.717) is 17.8 Å². The zero-order valence-corrected chi connectivity index (χ0v) is 15.1. The molecule has 0 saturated carbocycles. The molecule has 2 aromatic rings. The molecule has 26 heavy (non-hydrogen) atoms. The molecule has 6 heteroatoms. The topological polar surface area (TPSA) is 82.3 Å². The van der Waals surface area contributed by atoms with Crippen molar-refractivity contribution in [1.29, 1.82) is 0 Å². The fourth-order valence-electron chi connectivity index (χ4n) is 2.91. The van der Waals surface area contributed by atoms with E-state index in [9.17, 15) is 9.59 Å². The molecule has 1 heterocycles. The lowest BCUT2D eigenvalue weighted by atomic mass is 10.1. The van der Waals surface area contributed by atoms with Crippen LogP contribution < -0.4 is 21.3 Å². The van der Waals surface area contributed by atoms with Gasteiger partial charge in [0.1, 0.15) is 0 Å². The number of hydrogen-bond donors (Lipinski definition) is 4. The molecule has 0 atom stereocenters. The highest BCUT2D eigenvalue weighted by Crippen LogP contribution is 2.17. The molecule has 1 aliphatic rings. The first-order valence-corrected chi connectivity index (χ1v) is 8.78. The van der Waals surface area contributed by atoms with E-state index in [-0.39, 0.29) is 18.0 Å². The molecule has 6 nitrogen and oxygen atoms in total. The minimum absolute atomic E-state index is 0.0454. The van der Waals surface area contributed by atoms with Crippen molar-refractivity contribution in [3.8, 4) is 0 Å². The first-order chi connectivity index (χ1) is 12.5. The number of anilines is 1. The third-order valence-electron chi connectivity index (χ3n) is 4.16. The van der Waals surface area contributed by atoms with Crippen LogP contribution in [0.25, 0.3) is 0 Å². The van der Waals surface area contributed by atoms with Crippen LogP contribution in [0.2, 0.25) is 0 Å². The summed E-state index contributed by atoms with van der Waals surface area (Å²) in [6.45, 7) is 6.03. The van der Waals surface area contributed by atoms with E-state index >= 15 is 0 Å². The van der Waals surface area contributed by atoms with Gasteiger partial charge < -0.3 is 21.3 Å². The molecule has 4 N–H and O–H groups in total. The molecule has 0 bridgehead atoms. The second-order valence-electron chi connectivity index (χ2n) is 6.72. The number of hydrogen-bond acceptors (Lipinski definition) is 3. The molecule has 0 unspecified atom stereocenters. The number of nitrogens with one attached hydrogen (secondary N) is 4. The summed E-state index contributed by atoms with van der Waals surface area (Å²) in [4.78, 5) is 24.2. The van der Waals surface area contributed by atoms with Crippen LogP contribution in [0.5, 0.6) is 0 Å². The summed E-state index contributed by atoms with van der Waals surface area (Å²) >= 11 is 0. The summed E-state index contributed by atoms with van der Waals surface area (Å²) in [6.07, 6.45) is 0. The number of rotatable bonds is 5. The number of amides is 3. The Bertz CT molecular complexity index is 817. The number of carbonyl (C=O) groups is 2. The Morgan fingerprint density at radius 3 is 2.69 bits per heavy atom. The van der Waals surface area contributed by atoms with Crippen LogP contribution >= 0.6 is 0 Å². The third-order valence-corrected chi connectivity index (χ3v) is 4.16. The first kappa shape index (κ1) is 17.9. The van der Waals surface area contributed by atoms with Crippen molar-refractivity contribution in [2.24, 2.45) is 0 Å². The van der Waals surface area contributed by atoms with Gasteiger partial charge in [-0.2, -0.15) is 0 Å². The van der Waals surface area contributed by atoms with Gasteiger partial charge >= 0.3 is 6.03 Å². The maximum Gasteiger partial charge on any atom is 0.319 e. The predicted octanol–water partition coefficient (Wildman–Crippen LogP) is 2.75. The maximum atomic E-state index is 12.4. The summed E-state index contributed by atoms with van der Waals surface area (Å²) in [6, 6.07) is 12.9. The quantitative estimate of drug-likeness (QED) is 0.668. The highest BCUT2D eigenvalue weighted by Gasteiger charge is 2.11. The van der Waals surface area contributed by atoms with Gasteiger partial charge in [-0.05, 0) is 48.7 Å². The van der Waals surface area contributed by atoms with E-state index in [0.717, 1.165) is 18.7 Å². The Kier molecular flexibility index (Phi) is 5.53. The second-order valence-corrected chi connectivity index (χ2v) is 6.72. The molecule has 0 spiro atoms. The Morgan fingerprint density at radius 1 is 1.08 bits per heavy atom. The van der Waals surface area contributed by atoms with E-state index in [1.807, 2.05) is 19.9 Å². The summed E-state index contributed by atoms with van der Waals surface area (Å²) < 4.78 is 0. The van der Waals surface area contributed by atoms with Crippen LogP contribution in [0.1, 0.15) is 40.9 Å². The van der Waals surface area contributed by atoms with Crippen LogP contribution in [0.3, 0.4) is 0 Å². The highest BCUT2D eigenvalue weighted by atomic mass is 16.2. The van der Waals surface area contributed by atoms with Crippen molar-refractivity contribution in [3.63, 3.8) is 0 Å². The standard InChI is InChI=1S/C20H24N4O2/c1-13(2)23-20(26)24-18-5-3-4-15(9-18)19(25)22-10-14-6-7-16-11-21-12-17(16)8-14/h3-9,13,21H,10-12H2,1-2H3,(H,22,25)(H2,23,24,26). The second kappa shape index (κ2) is 8.01. The molecule has 1 aliphatic heterocycles. The van der Waals surface area contributed by atoms with Crippen LogP contribution in [-0.4, -0.2) is 18.0 Å². The van der Waals surface area contributed by atoms with Crippen LogP contribution in [0.4, 0.5) is 10.5 Å². The maximum absolute atomic E-state index is 12.4. The van der Waals surface area contributed by atoms with E-state index in [2.05, 4.69) is 33.4 Å². The van der Waals surface area contributed by atoms with E-state index < -0.39 is 0 Å². The van der Waals surface area contributed by atoms with Gasteiger partial charge in [0.25, 0.3) is 5.91 Å². The van der Waals surface area contributed by atoms with Gasteiger partial charge in [0.2, 0.25) is 0 Å². The number of carbonyl (C=O) groups excluding carboxylic acids is 2. The molecular formula is C20H24N4O2. The fourth-order valence-corrected chi connectivity index (χ4v) is 2.91. The molecule has 0 fully saturated rings. The van der Waals surface area contributed by atoms with E-state index in [1.54, 1.807) is 24.3 Å². The van der Waals surface area contributed by atoms with Crippen LogP contribution in [0, 0.1) is 0 Å². The van der Waals surface area contributed by atoms with Gasteiger partial charge in [-0.1, -0.05) is 24.3 Å². The summed E-state index contributed by atoms with van der Waals surface area (Å²) in [7, 11) is 0. The lowest BCUT2D eigenvalue weighted by molar-refractivity contribution is 0.0951. The SMILES string of the molecule is CC(C)NC(=O)Nc1cccc(C(=O)NCc2ccc3c(c2)CNC3)c1. The molecule has 0 aromatic heterocycles. The number of fused-ring (bicyclic) bond motifs is 1. The van der Waals surface area contributed by atoms with Crippen molar-refractivity contribution in [2.75, 3.05) is 5.32 Å². The average molecular weight is 352 g/mol. The Hall–Kier alpha value is -2.86. The summed E-state index contributed by atoms with van der Waals surface area (Å²) in [5.74, 6) is -0.170. The molecule has 2 aromatic carbocycles. The monoisotopic (exact) mass is 352 g/mol. The van der Waals surface area contributed by atoms with Crippen molar-refractivity contribution >= 4 is 17.6 Å². The molecule has 0 aliphatic carbocycles. The molecule has 3 rings (SSSR count). The molecular weight excluding hydrogens is 328 g/mol. The Labute approximate surface area is 153 Å². The van der Waals surface area contributed by atoms with E-state index in [1.165, 1.54) is 11.1 Å². The normalized spacial score (nSPS) is 12.6. The molecule has 3 amide bonds. The minimum atomic E-state index is -0.288. The van der Waals surface area contributed by atoms with Gasteiger partial charge in [0.05, 0.1) is 0 Å². The zero-order chi connectivity index (χ0) is 18.5. The van der Waals surface area contributed by atoms with Gasteiger partial charge in [-0.15, -0.1) is 0 Å². The summed E-state index contributed by atoms with van der Waals surface area (Å²) in [5.41, 5.74) is 4.78. The van der Waals surface area contributed by atoms with Gasteiger partial charge in [0.15, 0.2) is 0 Å². The molecule has 0 saturated heterocycles. The predicted molar refractivity (Wildman–Crippen MR) is 102 cm³/mol. The van der Waals surface area contributed by atoms with Crippen LogP contribution in [0.15, 0.2) is 42.5 Å². The molecule has 0 radical (unpaired) electrons. The highest BCUT2D eigenvalue weighted by molar-refractivity contribution is 5.96. The smallest absolute Gasteiger partial charge is 0.319 e. The number of urea groups is 1. The van der Waals surface area contributed by atoms with Gasteiger partial charge in [0, 0.05) is 36.9 Å². The van der Waals surface area contributed by atoms with Gasteiger partial charge in [-0.3, -0.25) is 4.79 Å². The lowest BCUT2D eigenvalue weighted by Crippen LogP contribution is -2.34. The van der Waals surface area contributed by atoms with Crippen molar-refractivity contribution in [3.05, 3.63) is 64.7 Å². The Morgan fingerprint density at radius 2 is 1.88 bits per heavy atom. The zero-order valence-electron chi connectivity index (χ0n) is 15.1. The largest absolute Gasteiger partial charge is 0.348 e. The lowest BCUT2D eigenvalue weighted by Gasteiger charge is -2.11. The minimum Gasteiger partial charge on any atom is -0.348 e. The van der Waals surface area contributed by atoms with Crippen molar-refractivity contribution < 1.29 is 9.59 Å². The average Bonchev–Trinajstić information content (AvgIpc) is 3.06. The van der Waals surface area contributed by atoms with Crippen molar-refractivity contribution in [2.45, 2.75) is 39.5 Å². The van der Waals surface area contributed by atoms with Crippen molar-refractivity contribution in [1.82, 2.24) is 16.0 Å². The number of benzene rings is 2. The fraction of sp³-hybridized carbons (Fsp3) is 0.300. The molecule has 136 valence electrons. The summed E-state index contributed by atoms with van der Waals surface area (Å²) in [5, 5.41) is 11.7. The first-order valence-electron chi connectivity index (χ1n) is 8.78. The van der Waals surface area contributed by atoms with Crippen LogP contribution in [-0.2, 0) is 19.6 Å². The van der Waals surface area contributed by atoms with E-state index in [4.69, 9.17) is 0 Å².